The Hall–Kier alpha value is -7.65. The Kier molecular flexibility index (Phi) is 21.0. The predicted octanol–water partition coefficient (Wildman–Crippen LogP) is 13.3. The SMILES string of the molecule is CCC[C@@H](C)N.CCC[C@@H](C)NC(=O)N[C@H](C)Cc1ccc(NC(=O)OCC2c3ccccc3-c3ccccc32)cc1.C[C@H](Cc1ccc(NC(=O)OCC2c3ccccc3-c3ccccc32)cc1)NC(=O)C(F)(F)F. The molecule has 15 heteroatoms. The highest BCUT2D eigenvalue weighted by molar-refractivity contribution is 5.86. The Labute approximate surface area is 444 Å². The summed E-state index contributed by atoms with van der Waals surface area (Å²) in [6.45, 7) is 12.2. The summed E-state index contributed by atoms with van der Waals surface area (Å²) in [6.07, 6.45) is -0.720. The fourth-order valence-electron chi connectivity index (χ4n) is 9.52. The highest BCUT2D eigenvalue weighted by atomic mass is 19.4. The first kappa shape index (κ1) is 57.6. The molecule has 2 aliphatic rings. The number of anilines is 2. The maximum absolute atomic E-state index is 12.5. The number of hydrogen-bond acceptors (Lipinski definition) is 7. The Bertz CT molecular complexity index is 2770. The molecule has 0 bridgehead atoms. The number of rotatable bonds is 17. The molecule has 0 radical (unpaired) electrons. The average Bonchev–Trinajstić information content (AvgIpc) is 3.90. The quantitative estimate of drug-likeness (QED) is 0.0527. The van der Waals surface area contributed by atoms with Gasteiger partial charge >= 0.3 is 30.3 Å². The zero-order valence-electron chi connectivity index (χ0n) is 44.1. The molecule has 7 N–H and O–H groups in total. The number of carbonyl (C=O) groups is 4. The smallest absolute Gasteiger partial charge is 0.448 e. The van der Waals surface area contributed by atoms with Crippen LogP contribution in [-0.4, -0.2) is 67.7 Å². The molecule has 12 nitrogen and oxygen atoms in total. The van der Waals surface area contributed by atoms with Crippen molar-refractivity contribution in [3.8, 4) is 22.3 Å². The van der Waals surface area contributed by atoms with Gasteiger partial charge < -0.3 is 31.2 Å². The lowest BCUT2D eigenvalue weighted by Gasteiger charge is -2.18. The van der Waals surface area contributed by atoms with Crippen LogP contribution < -0.4 is 32.3 Å². The molecular formula is C61H71F3N6O6. The average molecular weight is 1040 g/mol. The number of amides is 5. The van der Waals surface area contributed by atoms with Crippen LogP contribution in [0.1, 0.15) is 112 Å². The lowest BCUT2D eigenvalue weighted by molar-refractivity contribution is -0.174. The molecule has 2 aliphatic carbocycles. The lowest BCUT2D eigenvalue weighted by Crippen LogP contribution is -2.45. The van der Waals surface area contributed by atoms with E-state index in [4.69, 9.17) is 15.2 Å². The van der Waals surface area contributed by atoms with E-state index in [0.717, 1.165) is 47.1 Å². The van der Waals surface area contributed by atoms with E-state index in [0.29, 0.717) is 29.4 Å². The van der Waals surface area contributed by atoms with Crippen molar-refractivity contribution >= 4 is 35.5 Å². The van der Waals surface area contributed by atoms with Gasteiger partial charge in [0.1, 0.15) is 13.2 Å². The number of nitrogens with one attached hydrogen (secondary N) is 5. The summed E-state index contributed by atoms with van der Waals surface area (Å²) < 4.78 is 48.2. The van der Waals surface area contributed by atoms with Crippen LogP contribution in [0, 0.1) is 0 Å². The minimum atomic E-state index is -4.91. The van der Waals surface area contributed by atoms with Crippen molar-refractivity contribution in [1.82, 2.24) is 16.0 Å². The molecular weight excluding hydrogens is 970 g/mol. The summed E-state index contributed by atoms with van der Waals surface area (Å²) in [6, 6.07) is 46.6. The van der Waals surface area contributed by atoms with E-state index < -0.39 is 30.3 Å². The molecule has 6 aromatic rings. The minimum absolute atomic E-state index is 0.0141. The number of benzene rings is 6. The number of urea groups is 1. The van der Waals surface area contributed by atoms with Crippen LogP contribution >= 0.6 is 0 Å². The third kappa shape index (κ3) is 16.7. The molecule has 76 heavy (non-hydrogen) atoms. The van der Waals surface area contributed by atoms with Crippen molar-refractivity contribution in [2.24, 2.45) is 5.73 Å². The molecule has 5 amide bonds. The van der Waals surface area contributed by atoms with Gasteiger partial charge in [0.15, 0.2) is 0 Å². The minimum Gasteiger partial charge on any atom is -0.448 e. The standard InChI is InChI=1S/C30H35N3O3.C26H23F3N2O3.C5H13N/c1-4-9-20(2)31-29(34)32-21(3)18-22-14-16-23(17-15-22)33-30(35)36-19-28-26-12-7-5-10-24(26)25-11-6-8-13-27(25)28;1-16(30-24(32)26(27,28)29)14-17-10-12-18(13-11-17)31-25(33)34-15-23-21-8-4-2-6-19(21)20-7-3-5-9-22(20)23;1-3-4-5(2)6/h5-8,10-17,20-21,28H,4,9,18-19H2,1-3H3,(H,33,35)(H2,31,32,34);2-13,16,23H,14-15H2,1H3,(H,30,32)(H,31,33);5H,3-4,6H2,1-2H3/t20-,21-;16-;5-/m111/s1. The predicted molar refractivity (Wildman–Crippen MR) is 295 cm³/mol. The summed E-state index contributed by atoms with van der Waals surface area (Å²) in [4.78, 5) is 48.1. The Morgan fingerprint density at radius 1 is 0.500 bits per heavy atom. The Balaban J connectivity index is 0.000000223. The van der Waals surface area contributed by atoms with Crippen LogP contribution in [0.5, 0.6) is 0 Å². The molecule has 4 atom stereocenters. The molecule has 8 rings (SSSR count). The number of alkyl halides is 3. The molecule has 0 spiro atoms. The second kappa shape index (κ2) is 27.8. The lowest BCUT2D eigenvalue weighted by atomic mass is 9.98. The maximum atomic E-state index is 12.5. The van der Waals surface area contributed by atoms with Crippen LogP contribution in [0.15, 0.2) is 146 Å². The topological polar surface area (TPSA) is 173 Å². The maximum Gasteiger partial charge on any atom is 0.471 e. The van der Waals surface area contributed by atoms with Gasteiger partial charge in [-0.3, -0.25) is 15.4 Å². The number of carbonyl (C=O) groups excluding carboxylic acids is 4. The molecule has 0 fully saturated rings. The van der Waals surface area contributed by atoms with Gasteiger partial charge in [0, 0.05) is 47.4 Å². The van der Waals surface area contributed by atoms with Crippen molar-refractivity contribution in [3.63, 3.8) is 0 Å². The van der Waals surface area contributed by atoms with Gasteiger partial charge in [-0.1, -0.05) is 148 Å². The normalized spacial score (nSPS) is 13.7. The van der Waals surface area contributed by atoms with Crippen LogP contribution in [-0.2, 0) is 27.1 Å². The highest BCUT2D eigenvalue weighted by Crippen LogP contribution is 2.45. The van der Waals surface area contributed by atoms with Gasteiger partial charge in [0.05, 0.1) is 0 Å². The van der Waals surface area contributed by atoms with Crippen LogP contribution in [0.3, 0.4) is 0 Å². The van der Waals surface area contributed by atoms with Gasteiger partial charge in [0.25, 0.3) is 0 Å². The Morgan fingerprint density at radius 3 is 1.17 bits per heavy atom. The molecule has 0 heterocycles. The third-order valence-electron chi connectivity index (χ3n) is 13.0. The summed E-state index contributed by atoms with van der Waals surface area (Å²) in [5.41, 5.74) is 17.7. The third-order valence-corrected chi connectivity index (χ3v) is 13.0. The van der Waals surface area contributed by atoms with E-state index in [1.165, 1.54) is 35.6 Å². The van der Waals surface area contributed by atoms with Gasteiger partial charge in [0.2, 0.25) is 0 Å². The summed E-state index contributed by atoms with van der Waals surface area (Å²) in [5, 5.41) is 13.3. The van der Waals surface area contributed by atoms with E-state index in [-0.39, 0.29) is 49.6 Å². The Morgan fingerprint density at radius 2 is 0.842 bits per heavy atom. The fraction of sp³-hybridized carbons (Fsp3) is 0.344. The van der Waals surface area contributed by atoms with Crippen molar-refractivity contribution < 1.29 is 41.8 Å². The van der Waals surface area contributed by atoms with Crippen molar-refractivity contribution in [3.05, 3.63) is 179 Å². The van der Waals surface area contributed by atoms with Crippen molar-refractivity contribution in [2.45, 2.75) is 122 Å². The van der Waals surface area contributed by atoms with Crippen molar-refractivity contribution in [1.29, 1.82) is 0 Å². The van der Waals surface area contributed by atoms with E-state index in [2.05, 4.69) is 71.5 Å². The first-order valence-corrected chi connectivity index (χ1v) is 26.1. The first-order chi connectivity index (χ1) is 36.4. The number of fused-ring (bicyclic) bond motifs is 6. The molecule has 0 aromatic heterocycles. The number of ether oxygens (including phenoxy) is 2. The molecule has 0 saturated carbocycles. The molecule has 0 unspecified atom stereocenters. The largest absolute Gasteiger partial charge is 0.471 e. The zero-order valence-corrected chi connectivity index (χ0v) is 44.1. The second-order valence-corrected chi connectivity index (χ2v) is 19.5. The molecule has 402 valence electrons. The highest BCUT2D eigenvalue weighted by Gasteiger charge is 2.39. The van der Waals surface area contributed by atoms with Gasteiger partial charge in [-0.05, 0) is 133 Å². The van der Waals surface area contributed by atoms with E-state index in [1.54, 1.807) is 24.3 Å². The number of halogens is 3. The monoisotopic (exact) mass is 1040 g/mol. The number of hydrogen-bond donors (Lipinski definition) is 6. The van der Waals surface area contributed by atoms with E-state index in [9.17, 15) is 32.3 Å². The first-order valence-electron chi connectivity index (χ1n) is 26.1. The van der Waals surface area contributed by atoms with E-state index in [1.807, 2.05) is 111 Å². The fourth-order valence-corrected chi connectivity index (χ4v) is 9.52. The summed E-state index contributed by atoms with van der Waals surface area (Å²) in [5.74, 6) is -1.98. The van der Waals surface area contributed by atoms with Crippen LogP contribution in [0.4, 0.5) is 38.9 Å². The molecule has 6 aromatic carbocycles. The number of nitrogens with two attached hydrogens (primary N) is 1. The van der Waals surface area contributed by atoms with Gasteiger partial charge in [-0.25, -0.2) is 14.4 Å². The van der Waals surface area contributed by atoms with E-state index >= 15 is 0 Å². The van der Waals surface area contributed by atoms with Crippen LogP contribution in [0.25, 0.3) is 22.3 Å². The van der Waals surface area contributed by atoms with Gasteiger partial charge in [-0.2, -0.15) is 13.2 Å². The summed E-state index contributed by atoms with van der Waals surface area (Å²) in [7, 11) is 0. The molecule has 0 saturated heterocycles. The second-order valence-electron chi connectivity index (χ2n) is 19.5. The van der Waals surface area contributed by atoms with Gasteiger partial charge in [-0.15, -0.1) is 0 Å². The summed E-state index contributed by atoms with van der Waals surface area (Å²) >= 11 is 0. The zero-order chi connectivity index (χ0) is 54.8. The van der Waals surface area contributed by atoms with Crippen molar-refractivity contribution in [2.75, 3.05) is 23.8 Å². The molecule has 0 aliphatic heterocycles. The van der Waals surface area contributed by atoms with Crippen LogP contribution in [0.2, 0.25) is 0 Å².